The van der Waals surface area contributed by atoms with Crippen molar-refractivity contribution in [1.82, 2.24) is 10.3 Å². The molecule has 0 fully saturated rings. The third-order valence-corrected chi connectivity index (χ3v) is 5.11. The van der Waals surface area contributed by atoms with Gasteiger partial charge in [-0.15, -0.1) is 11.3 Å². The molecule has 0 unspecified atom stereocenters. The van der Waals surface area contributed by atoms with Gasteiger partial charge in [0.25, 0.3) is 0 Å². The second kappa shape index (κ2) is 8.55. The van der Waals surface area contributed by atoms with E-state index in [1.807, 2.05) is 37.3 Å². The van der Waals surface area contributed by atoms with Gasteiger partial charge in [-0.25, -0.2) is 9.37 Å². The van der Waals surface area contributed by atoms with E-state index in [0.717, 1.165) is 27.2 Å². The van der Waals surface area contributed by atoms with Crippen molar-refractivity contribution in [3.63, 3.8) is 0 Å². The van der Waals surface area contributed by atoms with Gasteiger partial charge in [-0.3, -0.25) is 9.59 Å². The first-order chi connectivity index (χ1) is 13.0. The van der Waals surface area contributed by atoms with E-state index in [4.69, 9.17) is 0 Å². The first-order valence-electron chi connectivity index (χ1n) is 8.39. The van der Waals surface area contributed by atoms with E-state index in [2.05, 4.69) is 15.6 Å². The quantitative estimate of drug-likeness (QED) is 0.662. The van der Waals surface area contributed by atoms with Gasteiger partial charge in [-0.1, -0.05) is 36.4 Å². The molecule has 27 heavy (non-hydrogen) atoms. The van der Waals surface area contributed by atoms with Crippen molar-refractivity contribution in [2.45, 2.75) is 13.3 Å². The first-order valence-corrected chi connectivity index (χ1v) is 9.21. The number of halogens is 1. The fraction of sp³-hybridized carbons (Fsp3) is 0.150. The summed E-state index contributed by atoms with van der Waals surface area (Å²) in [6.07, 6.45) is 0.579. The lowest BCUT2D eigenvalue weighted by Crippen LogP contribution is -2.36. The predicted octanol–water partition coefficient (Wildman–Crippen LogP) is 3.56. The summed E-state index contributed by atoms with van der Waals surface area (Å²) in [5.41, 5.74) is 2.20. The van der Waals surface area contributed by atoms with Crippen LogP contribution in [0.2, 0.25) is 0 Å². The molecule has 2 aromatic carbocycles. The summed E-state index contributed by atoms with van der Waals surface area (Å²) in [5.74, 6) is -2.07. The molecule has 5 nitrogen and oxygen atoms in total. The SMILES string of the molecule is Cc1nc(-c2ccccc2)sc1CCNC(=O)C(=O)Nc1cccc(F)c1. The lowest BCUT2D eigenvalue weighted by Gasteiger charge is -2.06. The van der Waals surface area contributed by atoms with Crippen LogP contribution in [0.5, 0.6) is 0 Å². The second-order valence-electron chi connectivity index (χ2n) is 5.86. The summed E-state index contributed by atoms with van der Waals surface area (Å²) in [6.45, 7) is 2.24. The first kappa shape index (κ1) is 18.7. The summed E-state index contributed by atoms with van der Waals surface area (Å²) in [6, 6.07) is 15.3. The lowest BCUT2D eigenvalue weighted by atomic mass is 10.2. The van der Waals surface area contributed by atoms with Gasteiger partial charge in [0.15, 0.2) is 0 Å². The van der Waals surface area contributed by atoms with Gasteiger partial charge in [0.2, 0.25) is 0 Å². The number of amides is 2. The normalized spacial score (nSPS) is 10.4. The van der Waals surface area contributed by atoms with E-state index in [1.165, 1.54) is 18.2 Å². The summed E-state index contributed by atoms with van der Waals surface area (Å²) in [7, 11) is 0. The van der Waals surface area contributed by atoms with E-state index in [1.54, 1.807) is 11.3 Å². The number of nitrogens with zero attached hydrogens (tertiary/aromatic N) is 1. The highest BCUT2D eigenvalue weighted by Gasteiger charge is 2.14. The molecule has 2 amide bonds. The number of aryl methyl sites for hydroxylation is 1. The van der Waals surface area contributed by atoms with Gasteiger partial charge in [-0.2, -0.15) is 0 Å². The summed E-state index contributed by atoms with van der Waals surface area (Å²) >= 11 is 1.57. The molecule has 3 aromatic rings. The lowest BCUT2D eigenvalue weighted by molar-refractivity contribution is -0.136. The van der Waals surface area contributed by atoms with E-state index >= 15 is 0 Å². The largest absolute Gasteiger partial charge is 0.347 e. The molecule has 0 aliphatic rings. The monoisotopic (exact) mass is 383 g/mol. The van der Waals surface area contributed by atoms with Crippen LogP contribution in [0.25, 0.3) is 10.6 Å². The Bertz CT molecular complexity index is 957. The summed E-state index contributed by atoms with van der Waals surface area (Å²) in [4.78, 5) is 29.4. The number of hydrogen-bond donors (Lipinski definition) is 2. The maximum absolute atomic E-state index is 13.1. The third-order valence-electron chi connectivity index (χ3n) is 3.84. The van der Waals surface area contributed by atoms with Crippen LogP contribution in [0.4, 0.5) is 10.1 Å². The zero-order valence-electron chi connectivity index (χ0n) is 14.7. The molecule has 0 radical (unpaired) electrons. The Kier molecular flexibility index (Phi) is 5.93. The highest BCUT2D eigenvalue weighted by atomic mass is 32.1. The van der Waals surface area contributed by atoms with Crippen LogP contribution in [0.1, 0.15) is 10.6 Å². The van der Waals surface area contributed by atoms with Crippen molar-refractivity contribution in [3.8, 4) is 10.6 Å². The van der Waals surface area contributed by atoms with Crippen LogP contribution in [0, 0.1) is 12.7 Å². The molecule has 2 N–H and O–H groups in total. The average molecular weight is 383 g/mol. The number of carbonyl (C=O) groups is 2. The van der Waals surface area contributed by atoms with Gasteiger partial charge < -0.3 is 10.6 Å². The van der Waals surface area contributed by atoms with E-state index in [-0.39, 0.29) is 5.69 Å². The minimum absolute atomic E-state index is 0.237. The smallest absolute Gasteiger partial charge is 0.313 e. The van der Waals surface area contributed by atoms with Gasteiger partial charge in [0.1, 0.15) is 10.8 Å². The molecule has 0 atom stereocenters. The summed E-state index contributed by atoms with van der Waals surface area (Å²) < 4.78 is 13.1. The van der Waals surface area contributed by atoms with Crippen LogP contribution in [-0.4, -0.2) is 23.3 Å². The fourth-order valence-electron chi connectivity index (χ4n) is 2.49. The molecule has 3 rings (SSSR count). The van der Waals surface area contributed by atoms with Gasteiger partial charge in [-0.05, 0) is 25.1 Å². The third kappa shape index (κ3) is 4.98. The number of nitrogens with one attached hydrogen (secondary N) is 2. The van der Waals surface area contributed by atoms with Crippen LogP contribution in [0.3, 0.4) is 0 Å². The minimum Gasteiger partial charge on any atom is -0.347 e. The Morgan fingerprint density at radius 1 is 1.07 bits per heavy atom. The Morgan fingerprint density at radius 2 is 1.85 bits per heavy atom. The number of thiazole rings is 1. The zero-order chi connectivity index (χ0) is 19.2. The van der Waals surface area contributed by atoms with Crippen molar-refractivity contribution in [2.75, 3.05) is 11.9 Å². The van der Waals surface area contributed by atoms with Crippen molar-refractivity contribution >= 4 is 28.8 Å². The van der Waals surface area contributed by atoms with Crippen molar-refractivity contribution < 1.29 is 14.0 Å². The number of aromatic nitrogens is 1. The fourth-order valence-corrected chi connectivity index (χ4v) is 3.56. The Labute approximate surface area is 160 Å². The van der Waals surface area contributed by atoms with Crippen LogP contribution in [-0.2, 0) is 16.0 Å². The van der Waals surface area contributed by atoms with Crippen LogP contribution in [0.15, 0.2) is 54.6 Å². The molecule has 0 aliphatic heterocycles. The van der Waals surface area contributed by atoms with E-state index < -0.39 is 17.6 Å². The molecule has 138 valence electrons. The highest BCUT2D eigenvalue weighted by molar-refractivity contribution is 7.15. The van der Waals surface area contributed by atoms with Gasteiger partial charge >= 0.3 is 11.8 Å². The second-order valence-corrected chi connectivity index (χ2v) is 6.95. The summed E-state index contributed by atoms with van der Waals surface area (Å²) in [5, 5.41) is 5.87. The molecular weight excluding hydrogens is 365 g/mol. The Morgan fingerprint density at radius 3 is 2.59 bits per heavy atom. The molecule has 1 aromatic heterocycles. The Balaban J connectivity index is 1.53. The van der Waals surface area contributed by atoms with E-state index in [9.17, 15) is 14.0 Å². The standard InChI is InChI=1S/C20H18FN3O2S/c1-13-17(27-20(23-13)14-6-3-2-4-7-14)10-11-22-18(25)19(26)24-16-9-5-8-15(21)12-16/h2-9,12H,10-11H2,1H3,(H,22,25)(H,24,26). The maximum atomic E-state index is 13.1. The van der Waals surface area contributed by atoms with Crippen molar-refractivity contribution in [2.24, 2.45) is 0 Å². The number of carbonyl (C=O) groups excluding carboxylic acids is 2. The molecule has 1 heterocycles. The van der Waals surface area contributed by atoms with Gasteiger partial charge in [0.05, 0.1) is 5.69 Å². The number of rotatable bonds is 5. The Hall–Kier alpha value is -3.06. The molecule has 0 saturated carbocycles. The number of anilines is 1. The van der Waals surface area contributed by atoms with Crippen molar-refractivity contribution in [3.05, 3.63) is 71.0 Å². The molecular formula is C20H18FN3O2S. The minimum atomic E-state index is -0.827. The average Bonchev–Trinajstić information content (AvgIpc) is 3.03. The zero-order valence-corrected chi connectivity index (χ0v) is 15.5. The molecule has 0 spiro atoms. The maximum Gasteiger partial charge on any atom is 0.313 e. The molecule has 0 aliphatic carbocycles. The van der Waals surface area contributed by atoms with Gasteiger partial charge in [0, 0.05) is 29.1 Å². The van der Waals surface area contributed by atoms with E-state index in [0.29, 0.717) is 13.0 Å². The van der Waals surface area contributed by atoms with Crippen molar-refractivity contribution in [1.29, 1.82) is 0 Å². The number of benzene rings is 2. The molecule has 0 saturated heterocycles. The topological polar surface area (TPSA) is 71.1 Å². The van der Waals surface area contributed by atoms with Crippen LogP contribution < -0.4 is 10.6 Å². The molecule has 0 bridgehead atoms. The number of hydrogen-bond acceptors (Lipinski definition) is 4. The molecule has 7 heteroatoms. The predicted molar refractivity (Wildman–Crippen MR) is 104 cm³/mol. The highest BCUT2D eigenvalue weighted by Crippen LogP contribution is 2.27. The van der Waals surface area contributed by atoms with Crippen LogP contribution >= 0.6 is 11.3 Å².